The first-order valence-corrected chi connectivity index (χ1v) is 10.4. The van der Waals surface area contributed by atoms with Gasteiger partial charge in [0.1, 0.15) is 5.82 Å². The zero-order valence-corrected chi connectivity index (χ0v) is 16.7. The molecule has 1 saturated heterocycles. The van der Waals surface area contributed by atoms with Crippen molar-refractivity contribution in [2.24, 2.45) is 5.10 Å². The minimum absolute atomic E-state index is 0.0170. The van der Waals surface area contributed by atoms with Gasteiger partial charge in [0, 0.05) is 6.42 Å². The van der Waals surface area contributed by atoms with E-state index in [2.05, 4.69) is 10.0 Å². The Kier molecular flexibility index (Phi) is 5.12. The zero-order chi connectivity index (χ0) is 20.5. The number of fused-ring (bicyclic) bond motifs is 1. The van der Waals surface area contributed by atoms with Crippen LogP contribution in [-0.4, -0.2) is 48.0 Å². The number of hydrogen-bond donors (Lipinski definition) is 0. The summed E-state index contributed by atoms with van der Waals surface area (Å²) in [6.45, 7) is 2.46. The molecule has 0 radical (unpaired) electrons. The fourth-order valence-electron chi connectivity index (χ4n) is 4.32. The molecule has 1 fully saturated rings. The van der Waals surface area contributed by atoms with E-state index >= 15 is 0 Å². The van der Waals surface area contributed by atoms with Gasteiger partial charge in [0.05, 0.1) is 18.3 Å². The van der Waals surface area contributed by atoms with Crippen LogP contribution in [0, 0.1) is 5.82 Å². The van der Waals surface area contributed by atoms with Gasteiger partial charge in [-0.1, -0.05) is 24.6 Å². The van der Waals surface area contributed by atoms with Gasteiger partial charge in [-0.2, -0.15) is 5.10 Å². The molecule has 1 atom stereocenters. The fourth-order valence-corrected chi connectivity index (χ4v) is 4.32. The summed E-state index contributed by atoms with van der Waals surface area (Å²) in [4.78, 5) is 15.4. The Morgan fingerprint density at radius 1 is 1.03 bits per heavy atom. The Hall–Kier alpha value is -2.93. The van der Waals surface area contributed by atoms with Gasteiger partial charge in [-0.05, 0) is 61.3 Å². The fraction of sp³-hybridized carbons (Fsp3) is 0.391. The Labute approximate surface area is 174 Å². The summed E-state index contributed by atoms with van der Waals surface area (Å²) in [6.07, 6.45) is 4.05. The van der Waals surface area contributed by atoms with Crippen LogP contribution in [0.2, 0.25) is 0 Å². The molecule has 156 valence electrons. The van der Waals surface area contributed by atoms with E-state index in [0.29, 0.717) is 24.5 Å². The van der Waals surface area contributed by atoms with E-state index in [9.17, 15) is 9.18 Å². The lowest BCUT2D eigenvalue weighted by atomic mass is 9.98. The lowest BCUT2D eigenvalue weighted by molar-refractivity contribution is -0.134. The van der Waals surface area contributed by atoms with Crippen LogP contribution in [0.4, 0.5) is 4.39 Å². The molecule has 30 heavy (non-hydrogen) atoms. The number of halogens is 1. The van der Waals surface area contributed by atoms with Gasteiger partial charge in [0.15, 0.2) is 11.5 Å². The number of benzene rings is 2. The molecule has 0 bridgehead atoms. The lowest BCUT2D eigenvalue weighted by Gasteiger charge is -2.29. The average Bonchev–Trinajstić information content (AvgIpc) is 3.42. The van der Waals surface area contributed by atoms with E-state index in [1.54, 1.807) is 17.1 Å². The maximum Gasteiger partial charge on any atom is 0.257 e. The Morgan fingerprint density at radius 2 is 1.80 bits per heavy atom. The molecule has 3 aliphatic heterocycles. The number of carbonyl (C=O) groups is 1. The van der Waals surface area contributed by atoms with Crippen LogP contribution in [0.5, 0.6) is 11.5 Å². The largest absolute Gasteiger partial charge is 0.454 e. The highest BCUT2D eigenvalue weighted by Gasteiger charge is 2.34. The monoisotopic (exact) mass is 409 g/mol. The van der Waals surface area contributed by atoms with Crippen molar-refractivity contribution in [2.45, 2.75) is 31.7 Å². The normalized spacial score (nSPS) is 21.0. The Balaban J connectivity index is 1.43. The predicted molar refractivity (Wildman–Crippen MR) is 110 cm³/mol. The summed E-state index contributed by atoms with van der Waals surface area (Å²) in [6, 6.07) is 11.8. The van der Waals surface area contributed by atoms with Crippen molar-refractivity contribution >= 4 is 11.6 Å². The third-order valence-corrected chi connectivity index (χ3v) is 5.93. The molecule has 0 aliphatic carbocycles. The van der Waals surface area contributed by atoms with Crippen LogP contribution >= 0.6 is 0 Å². The second-order valence-corrected chi connectivity index (χ2v) is 7.96. The van der Waals surface area contributed by atoms with Crippen LogP contribution in [0.15, 0.2) is 47.6 Å². The number of nitrogens with zero attached hydrogens (tertiary/aromatic N) is 3. The number of carbonyl (C=O) groups excluding carboxylic acids is 1. The third-order valence-electron chi connectivity index (χ3n) is 5.93. The molecule has 0 spiro atoms. The van der Waals surface area contributed by atoms with Crippen LogP contribution in [-0.2, 0) is 4.79 Å². The first-order valence-electron chi connectivity index (χ1n) is 10.4. The highest BCUT2D eigenvalue weighted by molar-refractivity contribution is 6.03. The minimum atomic E-state index is -0.289. The van der Waals surface area contributed by atoms with E-state index in [1.165, 1.54) is 18.6 Å². The standard InChI is InChI=1S/C23H24FN3O3/c24-18-7-4-16(5-8-18)19-13-20(17-6-9-21-22(12-17)30-15-29-21)27(25-19)23(28)14-26-10-2-1-3-11-26/h4-9,12,20H,1-3,10-11,13-15H2. The van der Waals surface area contributed by atoms with Crippen molar-refractivity contribution in [3.05, 3.63) is 59.4 Å². The SMILES string of the molecule is O=C(CN1CCCCC1)N1N=C(c2ccc(F)cc2)CC1c1ccc2c(c1)OCO2. The number of hydrazone groups is 1. The maximum atomic E-state index is 13.4. The van der Waals surface area contributed by atoms with Gasteiger partial charge < -0.3 is 9.47 Å². The number of likely N-dealkylation sites (tertiary alicyclic amines) is 1. The highest BCUT2D eigenvalue weighted by atomic mass is 19.1. The molecule has 0 aromatic heterocycles. The third kappa shape index (κ3) is 3.77. The number of piperidine rings is 1. The van der Waals surface area contributed by atoms with E-state index in [-0.39, 0.29) is 24.6 Å². The van der Waals surface area contributed by atoms with Crippen LogP contribution in [0.1, 0.15) is 42.9 Å². The van der Waals surface area contributed by atoms with Gasteiger partial charge in [0.25, 0.3) is 5.91 Å². The van der Waals surface area contributed by atoms with Crippen LogP contribution < -0.4 is 9.47 Å². The molecular weight excluding hydrogens is 385 g/mol. The minimum Gasteiger partial charge on any atom is -0.454 e. The van der Waals surface area contributed by atoms with Crippen LogP contribution in [0.3, 0.4) is 0 Å². The molecule has 1 amide bonds. The second-order valence-electron chi connectivity index (χ2n) is 7.96. The topological polar surface area (TPSA) is 54.4 Å². The summed E-state index contributed by atoms with van der Waals surface area (Å²) < 4.78 is 24.3. The summed E-state index contributed by atoms with van der Waals surface area (Å²) in [7, 11) is 0. The van der Waals surface area contributed by atoms with Crippen LogP contribution in [0.25, 0.3) is 0 Å². The Bertz CT molecular complexity index is 970. The quantitative estimate of drug-likeness (QED) is 0.772. The van der Waals surface area contributed by atoms with Crippen molar-refractivity contribution in [1.82, 2.24) is 9.91 Å². The van der Waals surface area contributed by atoms with E-state index < -0.39 is 0 Å². The molecule has 6 nitrogen and oxygen atoms in total. The Morgan fingerprint density at radius 3 is 2.60 bits per heavy atom. The predicted octanol–water partition coefficient (Wildman–Crippen LogP) is 3.72. The molecule has 0 saturated carbocycles. The highest BCUT2D eigenvalue weighted by Crippen LogP contribution is 2.39. The molecule has 2 aromatic rings. The lowest BCUT2D eigenvalue weighted by Crippen LogP contribution is -2.40. The zero-order valence-electron chi connectivity index (χ0n) is 16.7. The first kappa shape index (κ1) is 19.1. The molecule has 0 N–H and O–H groups in total. The molecule has 3 heterocycles. The molecular formula is C23H24FN3O3. The van der Waals surface area contributed by atoms with Crippen molar-refractivity contribution in [3.63, 3.8) is 0 Å². The van der Waals surface area contributed by atoms with Crippen molar-refractivity contribution in [3.8, 4) is 11.5 Å². The molecule has 5 rings (SSSR count). The van der Waals surface area contributed by atoms with Crippen molar-refractivity contribution < 1.29 is 18.7 Å². The van der Waals surface area contributed by atoms with Crippen molar-refractivity contribution in [1.29, 1.82) is 0 Å². The van der Waals surface area contributed by atoms with Gasteiger partial charge in [-0.25, -0.2) is 9.40 Å². The van der Waals surface area contributed by atoms with E-state index in [0.717, 1.165) is 42.8 Å². The van der Waals surface area contributed by atoms with Gasteiger partial charge in [-0.3, -0.25) is 9.69 Å². The second kappa shape index (κ2) is 8.07. The smallest absolute Gasteiger partial charge is 0.257 e. The number of amides is 1. The number of rotatable bonds is 4. The molecule has 7 heteroatoms. The average molecular weight is 409 g/mol. The number of hydrogen-bond acceptors (Lipinski definition) is 5. The molecule has 3 aliphatic rings. The molecule has 1 unspecified atom stereocenters. The van der Waals surface area contributed by atoms with Crippen molar-refractivity contribution in [2.75, 3.05) is 26.4 Å². The van der Waals surface area contributed by atoms with E-state index in [4.69, 9.17) is 9.47 Å². The van der Waals surface area contributed by atoms with E-state index in [1.807, 2.05) is 18.2 Å². The summed E-state index contributed by atoms with van der Waals surface area (Å²) in [5, 5.41) is 6.29. The van der Waals surface area contributed by atoms with Gasteiger partial charge in [-0.15, -0.1) is 0 Å². The number of ether oxygens (including phenoxy) is 2. The summed E-state index contributed by atoms with van der Waals surface area (Å²) in [5.41, 5.74) is 2.56. The summed E-state index contributed by atoms with van der Waals surface area (Å²) >= 11 is 0. The van der Waals surface area contributed by atoms with Gasteiger partial charge >= 0.3 is 0 Å². The molecule has 2 aromatic carbocycles. The maximum absolute atomic E-state index is 13.4. The van der Waals surface area contributed by atoms with Gasteiger partial charge in [0.2, 0.25) is 6.79 Å². The summed E-state index contributed by atoms with van der Waals surface area (Å²) in [5.74, 6) is 1.09. The first-order chi connectivity index (χ1) is 14.7.